The smallest absolute Gasteiger partial charge is 0.250 e. The van der Waals surface area contributed by atoms with Crippen molar-refractivity contribution in [1.82, 2.24) is 9.88 Å². The maximum atomic E-state index is 12.6. The highest BCUT2D eigenvalue weighted by atomic mass is 16.2. The molecule has 2 unspecified atom stereocenters. The molecule has 1 aromatic heterocycles. The van der Waals surface area contributed by atoms with E-state index in [9.17, 15) is 9.59 Å². The average Bonchev–Trinajstić information content (AvgIpc) is 2.93. The van der Waals surface area contributed by atoms with Crippen molar-refractivity contribution in [2.24, 2.45) is 0 Å². The number of carbonyl (C=O) groups excluding carboxylic acids is 2. The van der Waals surface area contributed by atoms with Crippen molar-refractivity contribution in [3.8, 4) is 0 Å². The van der Waals surface area contributed by atoms with Crippen molar-refractivity contribution in [2.45, 2.75) is 38.3 Å². The van der Waals surface area contributed by atoms with Crippen molar-refractivity contribution in [3.63, 3.8) is 0 Å². The van der Waals surface area contributed by atoms with Crippen molar-refractivity contribution < 1.29 is 9.59 Å². The van der Waals surface area contributed by atoms with Crippen LogP contribution < -0.4 is 4.90 Å². The topological polar surface area (TPSA) is 53.5 Å². The number of hydrogen-bond donors (Lipinski definition) is 0. The number of nitrogens with zero attached hydrogens (tertiary/aromatic N) is 3. The Bertz CT molecular complexity index is 503. The molecule has 0 N–H and O–H groups in total. The molecule has 3 heterocycles. The van der Waals surface area contributed by atoms with Gasteiger partial charge in [-0.2, -0.15) is 0 Å². The molecular weight excluding hydrogens is 242 g/mol. The normalized spacial score (nSPS) is 26.8. The third kappa shape index (κ3) is 1.80. The SMILES string of the molecule is CCC1C(=O)N2CCCC2C(=O)N1c1cccnc1. The number of piperazine rings is 1. The first kappa shape index (κ1) is 12.1. The first-order valence-corrected chi connectivity index (χ1v) is 6.77. The Morgan fingerprint density at radius 3 is 2.89 bits per heavy atom. The molecule has 2 amide bonds. The van der Waals surface area contributed by atoms with Gasteiger partial charge in [0.1, 0.15) is 12.1 Å². The number of hydrogen-bond acceptors (Lipinski definition) is 3. The van der Waals surface area contributed by atoms with E-state index in [4.69, 9.17) is 0 Å². The minimum absolute atomic E-state index is 0.0388. The molecule has 2 atom stereocenters. The van der Waals surface area contributed by atoms with Crippen LogP contribution in [0, 0.1) is 0 Å². The van der Waals surface area contributed by atoms with E-state index in [1.54, 1.807) is 28.3 Å². The second-order valence-corrected chi connectivity index (χ2v) is 5.03. The molecule has 100 valence electrons. The molecular formula is C14H17N3O2. The lowest BCUT2D eigenvalue weighted by Crippen LogP contribution is -2.63. The number of rotatable bonds is 2. The summed E-state index contributed by atoms with van der Waals surface area (Å²) in [5.41, 5.74) is 0.722. The summed E-state index contributed by atoms with van der Waals surface area (Å²) in [6.07, 6.45) is 5.64. The van der Waals surface area contributed by atoms with Crippen molar-refractivity contribution in [3.05, 3.63) is 24.5 Å². The summed E-state index contributed by atoms with van der Waals surface area (Å²) in [4.78, 5) is 32.6. The van der Waals surface area contributed by atoms with E-state index in [2.05, 4.69) is 4.98 Å². The van der Waals surface area contributed by atoms with Crippen LogP contribution in [-0.2, 0) is 9.59 Å². The van der Waals surface area contributed by atoms with Crippen LogP contribution in [-0.4, -0.2) is 40.3 Å². The second-order valence-electron chi connectivity index (χ2n) is 5.03. The van der Waals surface area contributed by atoms with Gasteiger partial charge < -0.3 is 4.90 Å². The first-order valence-electron chi connectivity index (χ1n) is 6.77. The molecule has 5 nitrogen and oxygen atoms in total. The molecule has 0 radical (unpaired) electrons. The van der Waals surface area contributed by atoms with Gasteiger partial charge in [-0.3, -0.25) is 19.5 Å². The van der Waals surface area contributed by atoms with E-state index in [1.807, 2.05) is 13.0 Å². The summed E-state index contributed by atoms with van der Waals surface area (Å²) >= 11 is 0. The molecule has 3 rings (SSSR count). The lowest BCUT2D eigenvalue weighted by atomic mass is 10.0. The van der Waals surface area contributed by atoms with Gasteiger partial charge in [0, 0.05) is 12.7 Å². The third-order valence-electron chi connectivity index (χ3n) is 3.97. The molecule has 0 aliphatic carbocycles. The molecule has 2 aliphatic heterocycles. The lowest BCUT2D eigenvalue weighted by molar-refractivity contribution is -0.144. The summed E-state index contributed by atoms with van der Waals surface area (Å²) < 4.78 is 0. The van der Waals surface area contributed by atoms with Gasteiger partial charge in [-0.1, -0.05) is 6.92 Å². The zero-order chi connectivity index (χ0) is 13.4. The number of pyridine rings is 1. The summed E-state index contributed by atoms with van der Waals surface area (Å²) in [6.45, 7) is 2.65. The molecule has 2 saturated heterocycles. The fourth-order valence-electron chi connectivity index (χ4n) is 3.06. The van der Waals surface area contributed by atoms with Gasteiger partial charge in [-0.15, -0.1) is 0 Å². The Morgan fingerprint density at radius 1 is 1.37 bits per heavy atom. The number of carbonyl (C=O) groups is 2. The van der Waals surface area contributed by atoms with E-state index in [1.165, 1.54) is 0 Å². The van der Waals surface area contributed by atoms with Gasteiger partial charge >= 0.3 is 0 Å². The monoisotopic (exact) mass is 259 g/mol. The molecule has 0 bridgehead atoms. The van der Waals surface area contributed by atoms with E-state index in [-0.39, 0.29) is 23.9 Å². The van der Waals surface area contributed by atoms with Gasteiger partial charge in [0.25, 0.3) is 5.91 Å². The average molecular weight is 259 g/mol. The van der Waals surface area contributed by atoms with Gasteiger partial charge in [-0.05, 0) is 31.4 Å². The fraction of sp³-hybridized carbons (Fsp3) is 0.500. The van der Waals surface area contributed by atoms with Crippen molar-refractivity contribution >= 4 is 17.5 Å². The first-order chi connectivity index (χ1) is 9.24. The van der Waals surface area contributed by atoms with Gasteiger partial charge in [-0.25, -0.2) is 0 Å². The summed E-state index contributed by atoms with van der Waals surface area (Å²) in [5.74, 6) is 0.116. The molecule has 2 fully saturated rings. The van der Waals surface area contributed by atoms with Crippen LogP contribution in [0.5, 0.6) is 0 Å². The summed E-state index contributed by atoms with van der Waals surface area (Å²) in [5, 5.41) is 0. The Hall–Kier alpha value is -1.91. The van der Waals surface area contributed by atoms with Gasteiger partial charge in [0.15, 0.2) is 0 Å². The molecule has 0 aromatic carbocycles. The predicted molar refractivity (Wildman–Crippen MR) is 70.5 cm³/mol. The van der Waals surface area contributed by atoms with Crippen LogP contribution in [0.3, 0.4) is 0 Å². The minimum atomic E-state index is -0.383. The fourth-order valence-corrected chi connectivity index (χ4v) is 3.06. The highest BCUT2D eigenvalue weighted by molar-refractivity contribution is 6.08. The number of anilines is 1. The Morgan fingerprint density at radius 2 is 2.21 bits per heavy atom. The van der Waals surface area contributed by atoms with Crippen LogP contribution >= 0.6 is 0 Å². The molecule has 0 saturated carbocycles. The van der Waals surface area contributed by atoms with E-state index in [0.717, 1.165) is 18.5 Å². The molecule has 0 spiro atoms. The van der Waals surface area contributed by atoms with Gasteiger partial charge in [0.05, 0.1) is 11.9 Å². The predicted octanol–water partition coefficient (Wildman–Crippen LogP) is 1.20. The van der Waals surface area contributed by atoms with Crippen LogP contribution in [0.25, 0.3) is 0 Å². The number of amides is 2. The van der Waals surface area contributed by atoms with Crippen LogP contribution in [0.15, 0.2) is 24.5 Å². The zero-order valence-corrected chi connectivity index (χ0v) is 11.0. The number of aromatic nitrogens is 1. The maximum absolute atomic E-state index is 12.6. The molecule has 1 aromatic rings. The summed E-state index contributed by atoms with van der Waals surface area (Å²) in [6, 6.07) is 2.98. The third-order valence-corrected chi connectivity index (χ3v) is 3.97. The summed E-state index contributed by atoms with van der Waals surface area (Å²) in [7, 11) is 0. The van der Waals surface area contributed by atoms with Crippen molar-refractivity contribution in [1.29, 1.82) is 0 Å². The lowest BCUT2D eigenvalue weighted by Gasteiger charge is -2.41. The van der Waals surface area contributed by atoms with Crippen LogP contribution in [0.4, 0.5) is 5.69 Å². The highest BCUT2D eigenvalue weighted by Crippen LogP contribution is 2.31. The largest absolute Gasteiger partial charge is 0.329 e. The zero-order valence-electron chi connectivity index (χ0n) is 11.0. The number of fused-ring (bicyclic) bond motifs is 1. The minimum Gasteiger partial charge on any atom is -0.329 e. The van der Waals surface area contributed by atoms with E-state index in [0.29, 0.717) is 13.0 Å². The van der Waals surface area contributed by atoms with E-state index < -0.39 is 0 Å². The Balaban J connectivity index is 2.01. The Labute approximate surface area is 112 Å². The standard InChI is InChI=1S/C14H17N3O2/c1-2-11-13(18)16-8-4-6-12(16)14(19)17(11)10-5-3-7-15-9-10/h3,5,7,9,11-12H,2,4,6,8H2,1H3. The highest BCUT2D eigenvalue weighted by Gasteiger charge is 2.47. The quantitative estimate of drug-likeness (QED) is 0.802. The van der Waals surface area contributed by atoms with Crippen LogP contribution in [0.2, 0.25) is 0 Å². The van der Waals surface area contributed by atoms with Crippen molar-refractivity contribution in [2.75, 3.05) is 11.4 Å². The second kappa shape index (κ2) is 4.64. The van der Waals surface area contributed by atoms with Crippen LogP contribution in [0.1, 0.15) is 26.2 Å². The van der Waals surface area contributed by atoms with Gasteiger partial charge in [0.2, 0.25) is 5.91 Å². The molecule has 2 aliphatic rings. The molecule has 5 heteroatoms. The molecule has 19 heavy (non-hydrogen) atoms. The Kier molecular flexibility index (Phi) is 2.97. The maximum Gasteiger partial charge on any atom is 0.250 e. The van der Waals surface area contributed by atoms with E-state index >= 15 is 0 Å².